The first-order chi connectivity index (χ1) is 15.3. The molecule has 0 spiro atoms. The van der Waals surface area contributed by atoms with Gasteiger partial charge in [0.1, 0.15) is 0 Å². The number of benzene rings is 1. The first-order valence-electron chi connectivity index (χ1n) is 12.6. The van der Waals surface area contributed by atoms with Gasteiger partial charge in [0, 0.05) is 0 Å². The predicted octanol–water partition coefficient (Wildman–Crippen LogP) is 8.82. The minimum Gasteiger partial charge on any atom is -0.211 e. The van der Waals surface area contributed by atoms with E-state index in [0.29, 0.717) is 11.4 Å². The SMILES string of the molecule is CCCCCCCCCCCCCCCCCCCc1ccc(N=C=O)cc1N=C=O. The number of hydrogen-bond donors (Lipinski definition) is 0. The number of unbranched alkanes of at least 4 members (excludes halogenated alkanes) is 16. The lowest BCUT2D eigenvalue weighted by atomic mass is 10.0. The Morgan fingerprint density at radius 1 is 0.613 bits per heavy atom. The Bertz CT molecular complexity index is 674. The Morgan fingerprint density at radius 2 is 1.06 bits per heavy atom. The molecule has 0 unspecified atom stereocenters. The first-order valence-corrected chi connectivity index (χ1v) is 12.6. The third kappa shape index (κ3) is 14.6. The lowest BCUT2D eigenvalue weighted by molar-refractivity contribution is 0.527. The zero-order valence-corrected chi connectivity index (χ0v) is 19.7. The highest BCUT2D eigenvalue weighted by Gasteiger charge is 2.04. The molecule has 0 amide bonds. The van der Waals surface area contributed by atoms with E-state index in [1.54, 1.807) is 18.2 Å². The molecule has 4 nitrogen and oxygen atoms in total. The van der Waals surface area contributed by atoms with Gasteiger partial charge in [-0.2, -0.15) is 9.98 Å². The molecule has 0 heterocycles. The van der Waals surface area contributed by atoms with E-state index in [-0.39, 0.29) is 0 Å². The van der Waals surface area contributed by atoms with Gasteiger partial charge < -0.3 is 0 Å². The van der Waals surface area contributed by atoms with Crippen LogP contribution in [0.2, 0.25) is 0 Å². The summed E-state index contributed by atoms with van der Waals surface area (Å²) in [5.41, 5.74) is 2.03. The summed E-state index contributed by atoms with van der Waals surface area (Å²) in [7, 11) is 0. The van der Waals surface area contributed by atoms with Crippen LogP contribution in [0.5, 0.6) is 0 Å². The molecule has 1 aromatic carbocycles. The van der Waals surface area contributed by atoms with Crippen LogP contribution in [-0.4, -0.2) is 12.2 Å². The molecule has 0 saturated carbocycles. The number of isocyanates is 2. The van der Waals surface area contributed by atoms with Gasteiger partial charge in [-0.25, -0.2) is 9.59 Å². The lowest BCUT2D eigenvalue weighted by Crippen LogP contribution is -1.88. The van der Waals surface area contributed by atoms with Crippen molar-refractivity contribution in [2.75, 3.05) is 0 Å². The fraction of sp³-hybridized carbons (Fsp3) is 0.704. The number of carbonyl (C=O) groups excluding carboxylic acids is 2. The molecule has 0 atom stereocenters. The van der Waals surface area contributed by atoms with Crippen LogP contribution in [0.4, 0.5) is 11.4 Å². The summed E-state index contributed by atoms with van der Waals surface area (Å²) < 4.78 is 0. The van der Waals surface area contributed by atoms with Crippen molar-refractivity contribution < 1.29 is 9.59 Å². The van der Waals surface area contributed by atoms with Gasteiger partial charge >= 0.3 is 0 Å². The smallest absolute Gasteiger partial charge is 0.211 e. The fourth-order valence-corrected chi connectivity index (χ4v) is 4.08. The Hall–Kier alpha value is -2.02. The van der Waals surface area contributed by atoms with Crippen molar-refractivity contribution in [2.45, 2.75) is 122 Å². The fourth-order valence-electron chi connectivity index (χ4n) is 4.08. The Balaban J connectivity index is 1.97. The highest BCUT2D eigenvalue weighted by molar-refractivity contribution is 5.62. The Kier molecular flexibility index (Phi) is 17.4. The van der Waals surface area contributed by atoms with E-state index in [4.69, 9.17) is 0 Å². The lowest BCUT2D eigenvalue weighted by Gasteiger charge is -2.06. The molecule has 1 rings (SSSR count). The number of hydrogen-bond acceptors (Lipinski definition) is 4. The topological polar surface area (TPSA) is 58.9 Å². The van der Waals surface area contributed by atoms with Crippen LogP contribution in [0.25, 0.3) is 0 Å². The van der Waals surface area contributed by atoms with Crippen LogP contribution in [0.3, 0.4) is 0 Å². The molecule has 0 aliphatic heterocycles. The van der Waals surface area contributed by atoms with E-state index in [1.807, 2.05) is 6.07 Å². The quantitative estimate of drug-likeness (QED) is 0.119. The molecule has 0 radical (unpaired) electrons. The third-order valence-electron chi connectivity index (χ3n) is 5.96. The minimum atomic E-state index is 0.468. The van der Waals surface area contributed by atoms with E-state index in [9.17, 15) is 9.59 Å². The molecule has 31 heavy (non-hydrogen) atoms. The maximum Gasteiger partial charge on any atom is 0.240 e. The van der Waals surface area contributed by atoms with Gasteiger partial charge in [-0.1, -0.05) is 116 Å². The van der Waals surface area contributed by atoms with Crippen molar-refractivity contribution >= 4 is 23.5 Å². The van der Waals surface area contributed by atoms with Gasteiger partial charge in [0.25, 0.3) is 0 Å². The van der Waals surface area contributed by atoms with Crippen LogP contribution >= 0.6 is 0 Å². The largest absolute Gasteiger partial charge is 0.240 e. The number of aryl methyl sites for hydroxylation is 1. The molecule has 0 fully saturated rings. The number of nitrogens with zero attached hydrogens (tertiary/aromatic N) is 2. The van der Waals surface area contributed by atoms with E-state index in [1.165, 1.54) is 109 Å². The van der Waals surface area contributed by atoms with Crippen LogP contribution in [0.1, 0.15) is 122 Å². The molecule has 0 aromatic heterocycles. The zero-order valence-electron chi connectivity index (χ0n) is 19.7. The van der Waals surface area contributed by atoms with Gasteiger partial charge in [0.2, 0.25) is 12.2 Å². The maximum atomic E-state index is 10.6. The second kappa shape index (κ2) is 19.9. The van der Waals surface area contributed by atoms with Gasteiger partial charge in [-0.3, -0.25) is 0 Å². The van der Waals surface area contributed by atoms with Gasteiger partial charge in [-0.05, 0) is 30.5 Å². The summed E-state index contributed by atoms with van der Waals surface area (Å²) in [5, 5.41) is 0. The Labute approximate surface area is 189 Å². The second-order valence-corrected chi connectivity index (χ2v) is 8.63. The van der Waals surface area contributed by atoms with E-state index in [0.717, 1.165) is 18.4 Å². The molecule has 0 aliphatic rings. The molecule has 172 valence electrons. The van der Waals surface area contributed by atoms with Crippen molar-refractivity contribution in [3.8, 4) is 0 Å². The minimum absolute atomic E-state index is 0.468. The molecular formula is C27H42N2O2. The third-order valence-corrected chi connectivity index (χ3v) is 5.96. The van der Waals surface area contributed by atoms with Crippen molar-refractivity contribution in [3.05, 3.63) is 23.8 Å². The van der Waals surface area contributed by atoms with Crippen molar-refractivity contribution in [1.82, 2.24) is 0 Å². The van der Waals surface area contributed by atoms with Gasteiger partial charge in [0.05, 0.1) is 11.4 Å². The van der Waals surface area contributed by atoms with E-state index >= 15 is 0 Å². The Morgan fingerprint density at radius 3 is 1.52 bits per heavy atom. The highest BCUT2D eigenvalue weighted by atomic mass is 16.1. The molecule has 0 bridgehead atoms. The van der Waals surface area contributed by atoms with E-state index < -0.39 is 0 Å². The average Bonchev–Trinajstić information content (AvgIpc) is 2.77. The van der Waals surface area contributed by atoms with Crippen LogP contribution < -0.4 is 0 Å². The highest BCUT2D eigenvalue weighted by Crippen LogP contribution is 2.26. The van der Waals surface area contributed by atoms with Crippen molar-refractivity contribution in [1.29, 1.82) is 0 Å². The van der Waals surface area contributed by atoms with Crippen LogP contribution in [-0.2, 0) is 16.0 Å². The van der Waals surface area contributed by atoms with Crippen LogP contribution in [0.15, 0.2) is 28.2 Å². The summed E-state index contributed by atoms with van der Waals surface area (Å²) in [5.74, 6) is 0. The molecule has 0 aliphatic carbocycles. The summed E-state index contributed by atoms with van der Waals surface area (Å²) in [6.45, 7) is 2.28. The monoisotopic (exact) mass is 426 g/mol. The zero-order chi connectivity index (χ0) is 22.4. The number of rotatable bonds is 20. The molecule has 0 saturated heterocycles. The summed E-state index contributed by atoms with van der Waals surface area (Å²) >= 11 is 0. The van der Waals surface area contributed by atoms with Crippen molar-refractivity contribution in [2.24, 2.45) is 9.98 Å². The summed E-state index contributed by atoms with van der Waals surface area (Å²) in [6, 6.07) is 5.29. The van der Waals surface area contributed by atoms with Gasteiger partial charge in [-0.15, -0.1) is 0 Å². The first kappa shape index (κ1) is 27.0. The molecule has 0 N–H and O–H groups in total. The standard InChI is InChI=1S/C27H42N2O2/c1-2-3-4-5-6-7-8-9-10-11-12-13-14-15-16-17-18-19-25-20-21-26(28-23-30)22-27(25)29-24-31/h20-22H,2-19H2,1H3. The normalized spacial score (nSPS) is 10.5. The predicted molar refractivity (Wildman–Crippen MR) is 130 cm³/mol. The summed E-state index contributed by atoms with van der Waals surface area (Å²) in [4.78, 5) is 28.3. The second-order valence-electron chi connectivity index (χ2n) is 8.63. The van der Waals surface area contributed by atoms with Crippen LogP contribution in [0, 0.1) is 0 Å². The molecule has 1 aromatic rings. The van der Waals surface area contributed by atoms with E-state index in [2.05, 4.69) is 16.9 Å². The van der Waals surface area contributed by atoms with Gasteiger partial charge in [0.15, 0.2) is 0 Å². The average molecular weight is 427 g/mol. The maximum absolute atomic E-state index is 10.6. The molecule has 4 heteroatoms. The van der Waals surface area contributed by atoms with Crippen molar-refractivity contribution in [3.63, 3.8) is 0 Å². The summed E-state index contributed by atoms with van der Waals surface area (Å²) in [6.07, 6.45) is 27.1. The molecular weight excluding hydrogens is 384 g/mol. The number of aliphatic imine (C=N–C) groups is 2.